The fourth-order valence-electron chi connectivity index (χ4n) is 0. The van der Waals surface area contributed by atoms with E-state index in [4.69, 9.17) is 15.0 Å². The van der Waals surface area contributed by atoms with E-state index in [1.165, 1.54) is 0 Å². The average Bonchev–Trinajstić information content (AvgIpc) is 0.811. The summed E-state index contributed by atoms with van der Waals surface area (Å²) in [5, 5.41) is 13.9. The third-order valence-corrected chi connectivity index (χ3v) is 0. The summed E-state index contributed by atoms with van der Waals surface area (Å²) in [7, 11) is 0. The van der Waals surface area contributed by atoms with Crippen molar-refractivity contribution in [3.8, 4) is 0 Å². The van der Waals surface area contributed by atoms with Gasteiger partial charge in [0.25, 0.3) is 0 Å². The first kappa shape index (κ1) is 65.8. The van der Waals surface area contributed by atoms with Crippen LogP contribution in [0.25, 0.3) is 0 Å². The second-order valence-electron chi connectivity index (χ2n) is 0.283. The Labute approximate surface area is 237 Å². The van der Waals surface area contributed by atoms with Crippen molar-refractivity contribution >= 4 is 6.16 Å². The Morgan fingerprint density at radius 2 is 0.667 bits per heavy atom. The molecule has 0 aromatic rings. The van der Waals surface area contributed by atoms with Gasteiger partial charge in [-0.15, -0.1) is 0 Å². The van der Waals surface area contributed by atoms with Gasteiger partial charge >= 0.3 is 212 Å². The zero-order valence-corrected chi connectivity index (χ0v) is 19.8. The van der Waals surface area contributed by atoms with Gasteiger partial charge in [-0.2, -0.15) is 0 Å². The summed E-state index contributed by atoms with van der Waals surface area (Å²) in [5.41, 5.74) is 0. The predicted molar refractivity (Wildman–Crippen MR) is 10.7 cm³/mol. The molecule has 0 bridgehead atoms. The minimum absolute atomic E-state index is 0. The molecule has 0 radical (unpaired) electrons. The van der Waals surface area contributed by atoms with E-state index in [0.29, 0.717) is 0 Å². The van der Waals surface area contributed by atoms with E-state index < -0.39 is 6.16 Å². The van der Waals surface area contributed by atoms with Crippen LogP contribution in [0.4, 0.5) is 4.79 Å². The van der Waals surface area contributed by atoms with Crippen molar-refractivity contribution in [2.24, 2.45) is 0 Å². The molecule has 0 rings (SSSR count). The predicted octanol–water partition coefficient (Wildman–Crippen LogP) is -23.7. The van der Waals surface area contributed by atoms with Crippen LogP contribution in [0.2, 0.25) is 0 Å². The summed E-state index contributed by atoms with van der Waals surface area (Å²) in [6.07, 6.45) is -1.83. The van der Waals surface area contributed by atoms with E-state index in [0.717, 1.165) is 0 Å². The Morgan fingerprint density at radius 1 is 0.667 bits per heavy atom. The van der Waals surface area contributed by atoms with Gasteiger partial charge in [-0.1, -0.05) is 0 Å². The van der Waals surface area contributed by atoms with Gasteiger partial charge in [0.05, 0.1) is 0 Å². The first-order chi connectivity index (χ1) is 1.73. The molecule has 0 atom stereocenters. The van der Waals surface area contributed by atoms with Gasteiger partial charge in [-0.25, -0.2) is 4.79 Å². The fourth-order valence-corrected chi connectivity index (χ4v) is 0. The molecule has 2 N–H and O–H groups in total. The van der Waals surface area contributed by atoms with Gasteiger partial charge in [0.15, 0.2) is 0 Å². The molecule has 0 saturated carbocycles. The number of halogens is 4. The smallest absolute Gasteiger partial charge is 1.00 e. The number of carbonyl (C=O) groups is 1. The topological polar surface area (TPSA) is 57.5 Å². The molecule has 0 fully saturated rings. The zero-order chi connectivity index (χ0) is 3.58. The summed E-state index contributed by atoms with van der Waals surface area (Å²) in [4.78, 5) is 8.56. The van der Waals surface area contributed by atoms with E-state index in [-0.39, 0.29) is 224 Å². The molecule has 0 aliphatic heterocycles. The van der Waals surface area contributed by atoms with Crippen LogP contribution in [0.5, 0.6) is 0 Å². The van der Waals surface area contributed by atoms with Crippen molar-refractivity contribution in [1.82, 2.24) is 0 Å². The van der Waals surface area contributed by atoms with Gasteiger partial charge in [0.1, 0.15) is 0 Å². The van der Waals surface area contributed by atoms with Gasteiger partial charge in [0, 0.05) is 0 Å². The van der Waals surface area contributed by atoms with Crippen LogP contribution in [-0.4, -0.2) is 16.4 Å². The monoisotopic (exact) mass is 294 g/mol. The molecule has 11 heteroatoms. The summed E-state index contributed by atoms with van der Waals surface area (Å²) >= 11 is 0. The van der Waals surface area contributed by atoms with Crippen molar-refractivity contribution < 1.29 is 239 Å². The van der Waals surface area contributed by atoms with Crippen molar-refractivity contribution in [2.45, 2.75) is 0 Å². The van der Waals surface area contributed by atoms with E-state index in [1.54, 1.807) is 0 Å². The minimum atomic E-state index is -1.83. The Balaban J connectivity index is -0.00000000161. The van der Waals surface area contributed by atoms with Crippen LogP contribution >= 0.6 is 0 Å². The molecule has 0 unspecified atom stereocenters. The maximum atomic E-state index is 8.56. The van der Waals surface area contributed by atoms with Crippen LogP contribution in [0, 0.1) is 0 Å². The van der Waals surface area contributed by atoms with E-state index in [2.05, 4.69) is 0 Å². The van der Waals surface area contributed by atoms with Crippen LogP contribution in [-0.2, 0) is 0 Å². The molecule has 12 heavy (non-hydrogen) atoms. The Bertz CT molecular complexity index is 45.3. The van der Waals surface area contributed by atoms with Crippen LogP contribution in [0.15, 0.2) is 0 Å². The number of hydrogen-bond donors (Lipinski definition) is 2. The van der Waals surface area contributed by atoms with Gasteiger partial charge in [-0.05, 0) is 0 Å². The van der Waals surface area contributed by atoms with Crippen LogP contribution < -0.4 is 224 Å². The number of rotatable bonds is 0. The molecule has 0 heterocycles. The van der Waals surface area contributed by atoms with E-state index >= 15 is 0 Å². The third kappa shape index (κ3) is 107. The van der Waals surface area contributed by atoms with Crippen molar-refractivity contribution in [1.29, 1.82) is 0 Å². The average molecular weight is 294 g/mol. The zero-order valence-electron chi connectivity index (χ0n) is 7.31. The summed E-state index contributed by atoms with van der Waals surface area (Å²) in [5.74, 6) is 0. The summed E-state index contributed by atoms with van der Waals surface area (Å²) < 4.78 is 0. The fraction of sp³-hybridized carbons (Fsp3) is 0. The molecule has 56 valence electrons. The summed E-state index contributed by atoms with van der Waals surface area (Å²) in [6, 6.07) is 0. The maximum Gasteiger partial charge on any atom is 1.00 e. The standard InChI is InChI=1S/CH2O3.4FH.4K/c2-1(3)4;;;;;;;;/h(H2,2,3,4);4*1H;;;;/q;;;;;4*+1/p-4. The van der Waals surface area contributed by atoms with E-state index in [1.807, 2.05) is 0 Å². The molecule has 0 aliphatic carbocycles. The second kappa shape index (κ2) is 54.8. The van der Waals surface area contributed by atoms with Gasteiger partial charge < -0.3 is 29.0 Å². The molecule has 3 nitrogen and oxygen atoms in total. The molecular weight excluding hydrogens is 292 g/mol. The molecule has 0 aliphatic rings. The first-order valence-corrected chi connectivity index (χ1v) is 0.651. The maximum absolute atomic E-state index is 8.56. The Morgan fingerprint density at radius 3 is 0.667 bits per heavy atom. The molecule has 0 spiro atoms. The largest absolute Gasteiger partial charge is 1.00 e. The normalized spacial score (nSPS) is 2.00. The SMILES string of the molecule is O=C(O)O.[F-].[F-].[F-].[F-].[K+].[K+].[K+].[K+]. The van der Waals surface area contributed by atoms with Crippen molar-refractivity contribution in [3.63, 3.8) is 0 Å². The van der Waals surface area contributed by atoms with Gasteiger partial charge in [0.2, 0.25) is 0 Å². The van der Waals surface area contributed by atoms with E-state index in [9.17, 15) is 0 Å². The summed E-state index contributed by atoms with van der Waals surface area (Å²) in [6.45, 7) is 0. The third-order valence-electron chi connectivity index (χ3n) is 0. The molecule has 0 saturated heterocycles. The molecule has 0 aromatic heterocycles. The minimum Gasteiger partial charge on any atom is -1.00 e. The van der Waals surface area contributed by atoms with Crippen LogP contribution in [0.1, 0.15) is 0 Å². The Kier molecular flexibility index (Phi) is 300. The first-order valence-electron chi connectivity index (χ1n) is 0.651. The van der Waals surface area contributed by atoms with Crippen LogP contribution in [0.3, 0.4) is 0 Å². The molecule has 0 aromatic carbocycles. The van der Waals surface area contributed by atoms with Crippen molar-refractivity contribution in [2.75, 3.05) is 0 Å². The Hall–Kier alpha value is 5.54. The molecular formula is CH2F4K4O3. The number of carboxylic acid groups (broad SMARTS) is 2. The molecule has 0 amide bonds. The quantitative estimate of drug-likeness (QED) is 0.345. The van der Waals surface area contributed by atoms with Gasteiger partial charge in [-0.3, -0.25) is 0 Å². The van der Waals surface area contributed by atoms with Crippen molar-refractivity contribution in [3.05, 3.63) is 0 Å². The second-order valence-corrected chi connectivity index (χ2v) is 0.283. The number of hydrogen-bond acceptors (Lipinski definition) is 1.